The number of morpholine rings is 1. The Balaban J connectivity index is 1.54. The number of anilines is 1. The van der Waals surface area contributed by atoms with E-state index in [1.165, 1.54) is 0 Å². The Morgan fingerprint density at radius 2 is 2.04 bits per heavy atom. The largest absolute Gasteiger partial charge is 0.379 e. The van der Waals surface area contributed by atoms with E-state index >= 15 is 0 Å². The van der Waals surface area contributed by atoms with E-state index in [4.69, 9.17) is 4.74 Å². The molecule has 1 saturated heterocycles. The molecule has 2 aromatic heterocycles. The quantitative estimate of drug-likeness (QED) is 0.746. The van der Waals surface area contributed by atoms with Gasteiger partial charge in [0.05, 0.1) is 19.3 Å². The van der Waals surface area contributed by atoms with Crippen LogP contribution in [-0.4, -0.2) is 58.3 Å². The van der Waals surface area contributed by atoms with Crippen LogP contribution in [0.1, 0.15) is 11.9 Å². The van der Waals surface area contributed by atoms with Gasteiger partial charge in [-0.15, -0.1) is 10.2 Å². The van der Waals surface area contributed by atoms with Crippen LogP contribution in [0.3, 0.4) is 0 Å². The van der Waals surface area contributed by atoms with E-state index in [0.717, 1.165) is 39.4 Å². The Bertz CT molecular complexity index is 968. The Morgan fingerprint density at radius 1 is 1.22 bits per heavy atom. The maximum atomic E-state index is 12.6. The number of hydrogen-bond acceptors (Lipinski definition) is 7. The van der Waals surface area contributed by atoms with Crippen LogP contribution < -0.4 is 5.32 Å². The van der Waals surface area contributed by atoms with E-state index in [9.17, 15) is 4.79 Å². The number of aryl methyl sites for hydroxylation is 1. The number of fused-ring (bicyclic) bond motifs is 1. The molecular formula is C19H21N5O2S. The van der Waals surface area contributed by atoms with Crippen LogP contribution in [0.5, 0.6) is 0 Å². The fraction of sp³-hybridized carbons (Fsp3) is 0.368. The number of hydrogen-bond donors (Lipinski definition) is 1. The van der Waals surface area contributed by atoms with Crippen LogP contribution >= 0.6 is 11.3 Å². The van der Waals surface area contributed by atoms with Gasteiger partial charge in [-0.2, -0.15) is 0 Å². The van der Waals surface area contributed by atoms with Crippen molar-refractivity contribution in [1.29, 1.82) is 0 Å². The summed E-state index contributed by atoms with van der Waals surface area (Å²) in [6, 6.07) is 7.76. The lowest BCUT2D eigenvalue weighted by Gasteiger charge is -2.31. The third-order valence-corrected chi connectivity index (χ3v) is 5.61. The summed E-state index contributed by atoms with van der Waals surface area (Å²) in [6.07, 6.45) is 1.78. The van der Waals surface area contributed by atoms with Crippen molar-refractivity contribution in [2.45, 2.75) is 19.9 Å². The van der Waals surface area contributed by atoms with Crippen molar-refractivity contribution < 1.29 is 9.53 Å². The lowest BCUT2D eigenvalue weighted by Crippen LogP contribution is -2.47. The van der Waals surface area contributed by atoms with Crippen LogP contribution in [0, 0.1) is 6.92 Å². The third kappa shape index (κ3) is 3.97. The van der Waals surface area contributed by atoms with Crippen molar-refractivity contribution >= 4 is 33.8 Å². The zero-order valence-electron chi connectivity index (χ0n) is 15.3. The van der Waals surface area contributed by atoms with Gasteiger partial charge >= 0.3 is 0 Å². The van der Waals surface area contributed by atoms with Crippen LogP contribution in [0.2, 0.25) is 0 Å². The van der Waals surface area contributed by atoms with Crippen molar-refractivity contribution in [1.82, 2.24) is 20.1 Å². The molecule has 1 N–H and O–H groups in total. The molecule has 1 fully saturated rings. The van der Waals surface area contributed by atoms with Crippen molar-refractivity contribution in [3.8, 4) is 10.6 Å². The molecule has 0 aliphatic carbocycles. The Kier molecular flexibility index (Phi) is 5.11. The minimum atomic E-state index is -0.220. The van der Waals surface area contributed by atoms with E-state index in [0.29, 0.717) is 19.0 Å². The monoisotopic (exact) mass is 383 g/mol. The highest BCUT2D eigenvalue weighted by Gasteiger charge is 2.23. The van der Waals surface area contributed by atoms with E-state index in [1.54, 1.807) is 17.5 Å². The van der Waals surface area contributed by atoms with Gasteiger partial charge in [-0.1, -0.05) is 23.5 Å². The number of rotatable bonds is 4. The molecule has 140 valence electrons. The number of pyridine rings is 1. The van der Waals surface area contributed by atoms with Crippen LogP contribution in [-0.2, 0) is 9.53 Å². The highest BCUT2D eigenvalue weighted by molar-refractivity contribution is 7.14. The molecule has 4 rings (SSSR count). The Labute approximate surface area is 161 Å². The van der Waals surface area contributed by atoms with Crippen molar-refractivity contribution in [2.24, 2.45) is 0 Å². The summed E-state index contributed by atoms with van der Waals surface area (Å²) in [6.45, 7) is 6.72. The standard InChI is InChI=1S/C19H21N5O2S/c1-12(24-5-7-26-8-6-24)18(25)21-17-10-16-9-14(3-4-15(16)11-20-17)19-23-22-13(2)27-19/h3-4,9-12H,5-8H2,1-2H3,(H,20,21,25)/t12-/m0/s1. The molecule has 1 atom stereocenters. The molecular weight excluding hydrogens is 362 g/mol. The second kappa shape index (κ2) is 7.67. The highest BCUT2D eigenvalue weighted by Crippen LogP contribution is 2.27. The average molecular weight is 383 g/mol. The number of carbonyl (C=O) groups excluding carboxylic acids is 1. The molecule has 0 radical (unpaired) electrons. The van der Waals surface area contributed by atoms with Gasteiger partial charge in [0, 0.05) is 30.2 Å². The average Bonchev–Trinajstić information content (AvgIpc) is 3.14. The number of carbonyl (C=O) groups is 1. The van der Waals surface area contributed by atoms with E-state index in [1.807, 2.05) is 32.0 Å². The SMILES string of the molecule is Cc1nnc(-c2ccc3cnc(NC(=O)[C@H](C)N4CCOCC4)cc3c2)s1. The first kappa shape index (κ1) is 18.0. The number of amides is 1. The zero-order valence-corrected chi connectivity index (χ0v) is 16.1. The summed E-state index contributed by atoms with van der Waals surface area (Å²) in [4.78, 5) is 19.1. The first-order valence-electron chi connectivity index (χ1n) is 8.93. The van der Waals surface area contributed by atoms with Crippen LogP contribution in [0.15, 0.2) is 30.5 Å². The molecule has 0 bridgehead atoms. The predicted molar refractivity (Wildman–Crippen MR) is 106 cm³/mol. The normalized spacial score (nSPS) is 16.4. The van der Waals surface area contributed by atoms with Gasteiger partial charge in [-0.05, 0) is 31.4 Å². The van der Waals surface area contributed by atoms with Gasteiger partial charge in [0.2, 0.25) is 5.91 Å². The van der Waals surface area contributed by atoms with Gasteiger partial charge < -0.3 is 10.1 Å². The third-order valence-electron chi connectivity index (χ3n) is 4.72. The van der Waals surface area contributed by atoms with Crippen molar-refractivity contribution in [3.63, 3.8) is 0 Å². The Morgan fingerprint density at radius 3 is 2.78 bits per heavy atom. The topological polar surface area (TPSA) is 80.2 Å². The molecule has 1 aromatic carbocycles. The number of ether oxygens (including phenoxy) is 1. The lowest BCUT2D eigenvalue weighted by atomic mass is 10.1. The molecule has 3 heterocycles. The summed E-state index contributed by atoms with van der Waals surface area (Å²) in [5.41, 5.74) is 1.01. The van der Waals surface area contributed by atoms with Gasteiger partial charge in [-0.25, -0.2) is 4.98 Å². The second-order valence-corrected chi connectivity index (χ2v) is 7.75. The molecule has 1 aliphatic heterocycles. The predicted octanol–water partition coefficient (Wildman–Crippen LogP) is 2.72. The minimum Gasteiger partial charge on any atom is -0.379 e. The summed E-state index contributed by atoms with van der Waals surface area (Å²) < 4.78 is 5.35. The first-order valence-corrected chi connectivity index (χ1v) is 9.75. The number of aromatic nitrogens is 3. The minimum absolute atomic E-state index is 0.0559. The first-order chi connectivity index (χ1) is 13.1. The smallest absolute Gasteiger partial charge is 0.242 e. The van der Waals surface area contributed by atoms with Crippen molar-refractivity contribution in [2.75, 3.05) is 31.6 Å². The number of nitrogens with zero attached hydrogens (tertiary/aromatic N) is 4. The van der Waals surface area contributed by atoms with E-state index in [2.05, 4.69) is 31.5 Å². The molecule has 7 nitrogen and oxygen atoms in total. The molecule has 0 unspecified atom stereocenters. The maximum absolute atomic E-state index is 12.6. The summed E-state index contributed by atoms with van der Waals surface area (Å²) in [5, 5.41) is 15.1. The summed E-state index contributed by atoms with van der Waals surface area (Å²) >= 11 is 1.56. The van der Waals surface area contributed by atoms with Gasteiger partial charge in [0.15, 0.2) is 0 Å². The molecule has 1 amide bonds. The second-order valence-electron chi connectivity index (χ2n) is 6.57. The highest BCUT2D eigenvalue weighted by atomic mass is 32.1. The fourth-order valence-electron chi connectivity index (χ4n) is 3.12. The van der Waals surface area contributed by atoms with Gasteiger partial charge in [0.1, 0.15) is 15.8 Å². The molecule has 0 spiro atoms. The molecule has 27 heavy (non-hydrogen) atoms. The lowest BCUT2D eigenvalue weighted by molar-refractivity contribution is -0.122. The van der Waals surface area contributed by atoms with Gasteiger partial charge in [-0.3, -0.25) is 9.69 Å². The van der Waals surface area contributed by atoms with Gasteiger partial charge in [0.25, 0.3) is 0 Å². The van der Waals surface area contributed by atoms with Crippen LogP contribution in [0.25, 0.3) is 21.3 Å². The van der Waals surface area contributed by atoms with Crippen molar-refractivity contribution in [3.05, 3.63) is 35.5 Å². The number of benzene rings is 1. The fourth-order valence-corrected chi connectivity index (χ4v) is 3.80. The zero-order chi connectivity index (χ0) is 18.8. The summed E-state index contributed by atoms with van der Waals surface area (Å²) in [7, 11) is 0. The molecule has 1 aliphatic rings. The Hall–Kier alpha value is -2.42. The van der Waals surface area contributed by atoms with E-state index in [-0.39, 0.29) is 11.9 Å². The molecule has 3 aromatic rings. The number of nitrogens with one attached hydrogen (secondary N) is 1. The maximum Gasteiger partial charge on any atom is 0.242 e. The molecule has 0 saturated carbocycles. The van der Waals surface area contributed by atoms with E-state index < -0.39 is 0 Å². The summed E-state index contributed by atoms with van der Waals surface area (Å²) in [5.74, 6) is 0.498. The molecule has 8 heteroatoms. The van der Waals surface area contributed by atoms with Crippen LogP contribution in [0.4, 0.5) is 5.82 Å².